The quantitative estimate of drug-likeness (QED) is 0.303. The van der Waals surface area contributed by atoms with Crippen molar-refractivity contribution in [2.45, 2.75) is 19.3 Å². The summed E-state index contributed by atoms with van der Waals surface area (Å²) in [5, 5.41) is 26.9. The molecular weight excluding hydrogens is 462 g/mol. The highest BCUT2D eigenvalue weighted by Gasteiger charge is 2.16. The zero-order chi connectivity index (χ0) is 21.6. The SMILES string of the molecule is Oc1cc(O)c(/C=N\Nc2nc(Nc3ccccc3)nc(N3CCCCC3)n2)cc1Br. The van der Waals surface area contributed by atoms with Crippen molar-refractivity contribution in [3.63, 3.8) is 0 Å². The van der Waals surface area contributed by atoms with Crippen LogP contribution in [0.1, 0.15) is 24.8 Å². The number of aromatic nitrogens is 3. The third kappa shape index (κ3) is 5.40. The molecule has 160 valence electrons. The smallest absolute Gasteiger partial charge is 0.250 e. The standard InChI is InChI=1S/C21H22BrN7O2/c22-16-11-14(17(30)12-18(16)31)13-23-28-20-25-19(24-15-7-3-1-4-8-15)26-21(27-20)29-9-5-2-6-10-29/h1,3-4,7-8,11-13,30-31H,2,5-6,9-10H2,(H2,24,25,26,27,28)/b23-13-. The molecule has 1 aliphatic heterocycles. The van der Waals surface area contributed by atoms with Gasteiger partial charge in [-0.2, -0.15) is 20.1 Å². The molecule has 0 atom stereocenters. The maximum absolute atomic E-state index is 9.98. The van der Waals surface area contributed by atoms with Crippen molar-refractivity contribution in [1.29, 1.82) is 0 Å². The second kappa shape index (κ2) is 9.61. The Bertz CT molecular complexity index is 1070. The fraction of sp³-hybridized carbons (Fsp3) is 0.238. The molecule has 1 aliphatic rings. The van der Waals surface area contributed by atoms with Crippen LogP contribution >= 0.6 is 15.9 Å². The topological polar surface area (TPSA) is 119 Å². The van der Waals surface area contributed by atoms with E-state index >= 15 is 0 Å². The number of piperidine rings is 1. The molecule has 1 saturated heterocycles. The lowest BCUT2D eigenvalue weighted by atomic mass is 10.1. The highest BCUT2D eigenvalue weighted by molar-refractivity contribution is 9.10. The average Bonchev–Trinajstić information content (AvgIpc) is 2.78. The van der Waals surface area contributed by atoms with Gasteiger partial charge in [-0.15, -0.1) is 0 Å². The van der Waals surface area contributed by atoms with E-state index in [1.54, 1.807) is 6.07 Å². The molecule has 3 aromatic rings. The Morgan fingerprint density at radius 3 is 2.45 bits per heavy atom. The predicted octanol–water partition coefficient (Wildman–Crippen LogP) is 4.23. The van der Waals surface area contributed by atoms with Crippen molar-refractivity contribution < 1.29 is 10.2 Å². The van der Waals surface area contributed by atoms with Crippen molar-refractivity contribution >= 4 is 45.7 Å². The highest BCUT2D eigenvalue weighted by atomic mass is 79.9. The maximum atomic E-state index is 9.98. The fourth-order valence-corrected chi connectivity index (χ4v) is 3.55. The lowest BCUT2D eigenvalue weighted by molar-refractivity contribution is 0.448. The first-order valence-electron chi connectivity index (χ1n) is 9.92. The second-order valence-electron chi connectivity index (χ2n) is 7.05. The predicted molar refractivity (Wildman–Crippen MR) is 124 cm³/mol. The highest BCUT2D eigenvalue weighted by Crippen LogP contribution is 2.30. The largest absolute Gasteiger partial charge is 0.507 e. The van der Waals surface area contributed by atoms with Gasteiger partial charge in [0.2, 0.25) is 17.8 Å². The molecule has 4 rings (SSSR count). The Morgan fingerprint density at radius 1 is 0.935 bits per heavy atom. The number of nitrogens with one attached hydrogen (secondary N) is 2. The van der Waals surface area contributed by atoms with Crippen LogP contribution in [0.25, 0.3) is 0 Å². The van der Waals surface area contributed by atoms with Gasteiger partial charge in [0, 0.05) is 30.4 Å². The van der Waals surface area contributed by atoms with Crippen molar-refractivity contribution in [3.8, 4) is 11.5 Å². The van der Waals surface area contributed by atoms with E-state index in [2.05, 4.69) is 51.6 Å². The lowest BCUT2D eigenvalue weighted by Gasteiger charge is -2.26. The summed E-state index contributed by atoms with van der Waals surface area (Å²) in [7, 11) is 0. The first kappa shape index (κ1) is 20.9. The van der Waals surface area contributed by atoms with Gasteiger partial charge in [0.1, 0.15) is 11.5 Å². The number of rotatable bonds is 6. The Balaban J connectivity index is 1.58. The molecule has 2 heterocycles. The van der Waals surface area contributed by atoms with Crippen LogP contribution in [0, 0.1) is 0 Å². The summed E-state index contributed by atoms with van der Waals surface area (Å²) < 4.78 is 0.452. The summed E-state index contributed by atoms with van der Waals surface area (Å²) in [5.41, 5.74) is 4.10. The fourth-order valence-electron chi connectivity index (χ4n) is 3.19. The molecule has 0 radical (unpaired) electrons. The van der Waals surface area contributed by atoms with Crippen LogP contribution in [0.3, 0.4) is 0 Å². The normalized spacial score (nSPS) is 14.0. The number of hydrogen-bond donors (Lipinski definition) is 4. The van der Waals surface area contributed by atoms with E-state index in [4.69, 9.17) is 0 Å². The molecule has 4 N–H and O–H groups in total. The number of phenols is 2. The summed E-state index contributed by atoms with van der Waals surface area (Å²) in [6.07, 6.45) is 4.83. The summed E-state index contributed by atoms with van der Waals surface area (Å²) in [6, 6.07) is 12.5. The second-order valence-corrected chi connectivity index (χ2v) is 7.91. The molecule has 1 fully saturated rings. The zero-order valence-corrected chi connectivity index (χ0v) is 18.2. The summed E-state index contributed by atoms with van der Waals surface area (Å²) in [4.78, 5) is 15.6. The van der Waals surface area contributed by atoms with Crippen LogP contribution in [-0.4, -0.2) is 44.5 Å². The number of benzene rings is 2. The van der Waals surface area contributed by atoms with E-state index < -0.39 is 0 Å². The first-order chi connectivity index (χ1) is 15.1. The Morgan fingerprint density at radius 2 is 1.68 bits per heavy atom. The van der Waals surface area contributed by atoms with E-state index in [0.717, 1.165) is 31.6 Å². The molecule has 31 heavy (non-hydrogen) atoms. The van der Waals surface area contributed by atoms with Crippen LogP contribution in [0.5, 0.6) is 11.5 Å². The third-order valence-corrected chi connectivity index (χ3v) is 5.39. The molecule has 0 amide bonds. The van der Waals surface area contributed by atoms with Crippen LogP contribution < -0.4 is 15.6 Å². The lowest BCUT2D eigenvalue weighted by Crippen LogP contribution is -2.31. The summed E-state index contributed by atoms with van der Waals surface area (Å²) in [5.74, 6) is 1.13. The summed E-state index contributed by atoms with van der Waals surface area (Å²) in [6.45, 7) is 1.79. The van der Waals surface area contributed by atoms with E-state index in [-0.39, 0.29) is 17.4 Å². The van der Waals surface area contributed by atoms with E-state index in [1.807, 2.05) is 30.3 Å². The molecule has 0 aliphatic carbocycles. The van der Waals surface area contributed by atoms with Gasteiger partial charge in [0.05, 0.1) is 10.7 Å². The van der Waals surface area contributed by atoms with Crippen LogP contribution in [0.2, 0.25) is 0 Å². The number of aromatic hydroxyl groups is 2. The number of phenolic OH excluding ortho intramolecular Hbond substituents is 2. The minimum atomic E-state index is -0.0951. The Hall–Kier alpha value is -3.40. The number of halogens is 1. The van der Waals surface area contributed by atoms with Gasteiger partial charge in [0.15, 0.2) is 0 Å². The van der Waals surface area contributed by atoms with Gasteiger partial charge in [-0.05, 0) is 53.4 Å². The van der Waals surface area contributed by atoms with Gasteiger partial charge >= 0.3 is 0 Å². The molecule has 0 spiro atoms. The third-order valence-electron chi connectivity index (χ3n) is 4.76. The van der Waals surface area contributed by atoms with Gasteiger partial charge in [-0.25, -0.2) is 5.43 Å². The Kier molecular flexibility index (Phi) is 6.46. The number of hydrogen-bond acceptors (Lipinski definition) is 9. The van der Waals surface area contributed by atoms with Crippen molar-refractivity contribution in [3.05, 3.63) is 52.5 Å². The van der Waals surface area contributed by atoms with E-state index in [9.17, 15) is 10.2 Å². The zero-order valence-electron chi connectivity index (χ0n) is 16.7. The maximum Gasteiger partial charge on any atom is 0.250 e. The van der Waals surface area contributed by atoms with Crippen LogP contribution in [0.4, 0.5) is 23.5 Å². The monoisotopic (exact) mass is 483 g/mol. The minimum Gasteiger partial charge on any atom is -0.507 e. The molecule has 2 aromatic carbocycles. The van der Waals surface area contributed by atoms with Gasteiger partial charge in [-0.1, -0.05) is 18.2 Å². The first-order valence-corrected chi connectivity index (χ1v) is 10.7. The summed E-state index contributed by atoms with van der Waals surface area (Å²) >= 11 is 3.22. The molecule has 1 aromatic heterocycles. The van der Waals surface area contributed by atoms with Crippen molar-refractivity contribution in [1.82, 2.24) is 15.0 Å². The van der Waals surface area contributed by atoms with Crippen molar-refractivity contribution in [2.24, 2.45) is 5.10 Å². The van der Waals surface area contributed by atoms with Crippen LogP contribution in [0.15, 0.2) is 52.0 Å². The molecule has 9 nitrogen and oxygen atoms in total. The number of hydrazone groups is 1. The average molecular weight is 484 g/mol. The van der Waals surface area contributed by atoms with E-state index in [0.29, 0.717) is 21.9 Å². The molecule has 0 bridgehead atoms. The molecular formula is C21H22BrN7O2. The molecule has 0 saturated carbocycles. The molecule has 0 unspecified atom stereocenters. The van der Waals surface area contributed by atoms with Crippen molar-refractivity contribution in [2.75, 3.05) is 28.7 Å². The molecule has 10 heteroatoms. The van der Waals surface area contributed by atoms with Gasteiger partial charge in [0.25, 0.3) is 0 Å². The number of nitrogens with zero attached hydrogens (tertiary/aromatic N) is 5. The van der Waals surface area contributed by atoms with Crippen LogP contribution in [-0.2, 0) is 0 Å². The minimum absolute atomic E-state index is 0.0529. The van der Waals surface area contributed by atoms with Gasteiger partial charge < -0.3 is 20.4 Å². The number of anilines is 4. The Labute approximate surface area is 188 Å². The van der Waals surface area contributed by atoms with Gasteiger partial charge in [-0.3, -0.25) is 0 Å². The van der Waals surface area contributed by atoms with E-state index in [1.165, 1.54) is 18.7 Å². The number of para-hydroxylation sites is 1.